The molecule has 0 radical (unpaired) electrons. The van der Waals surface area contributed by atoms with E-state index < -0.39 is 28.9 Å². The van der Waals surface area contributed by atoms with Gasteiger partial charge in [-0.1, -0.05) is 0 Å². The lowest BCUT2D eigenvalue weighted by Gasteiger charge is -2.16. The van der Waals surface area contributed by atoms with E-state index in [4.69, 9.17) is 18.9 Å². The fraction of sp³-hybridized carbons (Fsp3) is 0.200. The first-order chi connectivity index (χ1) is 21.1. The maximum atomic E-state index is 15.1. The van der Waals surface area contributed by atoms with Crippen LogP contribution in [-0.2, 0) is 9.59 Å². The third-order valence-electron chi connectivity index (χ3n) is 6.75. The summed E-state index contributed by atoms with van der Waals surface area (Å²) in [4.78, 5) is 34.3. The van der Waals surface area contributed by atoms with Gasteiger partial charge in [0.1, 0.15) is 11.2 Å². The average Bonchev–Trinajstić information content (AvgIpc) is 3.83. The molecule has 0 bridgehead atoms. The molecule has 1 aromatic heterocycles. The number of anilines is 4. The number of carbonyl (C=O) groups excluding carboxylic acids is 2. The second kappa shape index (κ2) is 12.7. The van der Waals surface area contributed by atoms with Crippen LogP contribution < -0.4 is 34.9 Å². The number of hydrogen-bond acceptors (Lipinski definition) is 9. The van der Waals surface area contributed by atoms with Crippen molar-refractivity contribution >= 4 is 50.8 Å². The Morgan fingerprint density at radius 1 is 0.818 bits per heavy atom. The number of carbonyl (C=O) groups is 2. The Morgan fingerprint density at radius 2 is 1.43 bits per heavy atom. The van der Waals surface area contributed by atoms with Crippen molar-refractivity contribution in [1.29, 1.82) is 0 Å². The maximum absolute atomic E-state index is 15.1. The molecular weight excluding hydrogens is 644 g/mol. The highest BCUT2D eigenvalue weighted by molar-refractivity contribution is 9.10. The van der Waals surface area contributed by atoms with Gasteiger partial charge in [-0.15, -0.1) is 0 Å². The molecule has 3 aromatic carbocycles. The molecule has 5 rings (SSSR count). The van der Waals surface area contributed by atoms with Gasteiger partial charge in [-0.2, -0.15) is 4.98 Å². The average molecular weight is 670 g/mol. The highest BCUT2D eigenvalue weighted by Crippen LogP contribution is 2.48. The molecule has 0 atom stereocenters. The number of methoxy groups -OCH3 is 3. The predicted octanol–water partition coefficient (Wildman–Crippen LogP) is 6.44. The molecule has 44 heavy (non-hydrogen) atoms. The maximum Gasteiger partial charge on any atom is 0.240 e. The summed E-state index contributed by atoms with van der Waals surface area (Å²) in [7, 11) is 4.48. The van der Waals surface area contributed by atoms with Crippen molar-refractivity contribution in [2.45, 2.75) is 12.8 Å². The lowest BCUT2D eigenvalue weighted by atomic mass is 10.0. The van der Waals surface area contributed by atoms with E-state index in [0.717, 1.165) is 6.07 Å². The van der Waals surface area contributed by atoms with Crippen molar-refractivity contribution in [2.75, 3.05) is 37.3 Å². The zero-order valence-corrected chi connectivity index (χ0v) is 25.3. The minimum atomic E-state index is -1.30. The number of halogens is 3. The van der Waals surface area contributed by atoms with Crippen LogP contribution in [0.3, 0.4) is 0 Å². The number of nitrogens with one attached hydrogen (secondary N) is 3. The third-order valence-corrected chi connectivity index (χ3v) is 7.29. The second-order valence-electron chi connectivity index (χ2n) is 9.63. The molecule has 2 amide bonds. The van der Waals surface area contributed by atoms with E-state index in [0.29, 0.717) is 45.9 Å². The van der Waals surface area contributed by atoms with Crippen LogP contribution in [0.5, 0.6) is 28.9 Å². The van der Waals surface area contributed by atoms with Crippen LogP contribution in [0.4, 0.5) is 31.8 Å². The Balaban J connectivity index is 1.27. The van der Waals surface area contributed by atoms with E-state index in [2.05, 4.69) is 41.8 Å². The SMILES string of the molecule is COc1cc(Nc2ncc(Br)c(Oc3ccc(NC(=O)C4(C(=O)Nc5ccc(F)cc5)CC4)cc3F)n2)cc(OC)c1OC. The minimum absolute atomic E-state index is 0.0139. The van der Waals surface area contributed by atoms with Crippen LogP contribution in [-0.4, -0.2) is 43.1 Å². The van der Waals surface area contributed by atoms with Gasteiger partial charge in [0.15, 0.2) is 23.1 Å². The van der Waals surface area contributed by atoms with Gasteiger partial charge in [-0.25, -0.2) is 13.8 Å². The second-order valence-corrected chi connectivity index (χ2v) is 10.5. The molecule has 0 spiro atoms. The number of ether oxygens (including phenoxy) is 4. The van der Waals surface area contributed by atoms with Crippen molar-refractivity contribution in [2.24, 2.45) is 5.41 Å². The van der Waals surface area contributed by atoms with Gasteiger partial charge in [0.2, 0.25) is 29.4 Å². The first kappa shape index (κ1) is 30.5. The summed E-state index contributed by atoms with van der Waals surface area (Å²) >= 11 is 3.31. The normalized spacial score (nSPS) is 13.0. The fourth-order valence-corrected chi connectivity index (χ4v) is 4.52. The van der Waals surface area contributed by atoms with Gasteiger partial charge >= 0.3 is 0 Å². The van der Waals surface area contributed by atoms with Crippen molar-refractivity contribution in [3.05, 3.63) is 76.9 Å². The largest absolute Gasteiger partial charge is 0.493 e. The molecule has 1 saturated carbocycles. The number of nitrogens with zero attached hydrogens (tertiary/aromatic N) is 2. The Bertz CT molecular complexity index is 1690. The Kier molecular flexibility index (Phi) is 8.81. The molecule has 11 nitrogen and oxygen atoms in total. The topological polar surface area (TPSA) is 133 Å². The van der Waals surface area contributed by atoms with Crippen LogP contribution in [0.2, 0.25) is 0 Å². The summed E-state index contributed by atoms with van der Waals surface area (Å²) in [5, 5.41) is 8.25. The Hall–Kier alpha value is -4.98. The van der Waals surface area contributed by atoms with Gasteiger partial charge in [0.05, 0.1) is 32.0 Å². The lowest BCUT2D eigenvalue weighted by Crippen LogP contribution is -2.35. The van der Waals surface area contributed by atoms with E-state index in [1.165, 1.54) is 63.9 Å². The molecule has 1 fully saturated rings. The first-order valence-electron chi connectivity index (χ1n) is 13.1. The van der Waals surface area contributed by atoms with Crippen molar-refractivity contribution in [3.63, 3.8) is 0 Å². The lowest BCUT2D eigenvalue weighted by molar-refractivity contribution is -0.131. The number of benzene rings is 3. The first-order valence-corrected chi connectivity index (χ1v) is 13.9. The molecule has 4 aromatic rings. The zero-order valence-electron chi connectivity index (χ0n) is 23.7. The standard InChI is InChI=1S/C30H26BrF2N5O6/c1-41-23-13-19(14-24(42-2)25(23)43-3)37-29-34-15-20(31)26(38-29)44-22-9-8-18(12-21(22)33)36-28(40)30(10-11-30)27(39)35-17-6-4-16(32)5-7-17/h4-9,12-15H,10-11H2,1-3H3,(H,35,39)(H,36,40)(H,34,37,38). The molecule has 14 heteroatoms. The molecule has 0 unspecified atom stereocenters. The third kappa shape index (κ3) is 6.49. The Labute approximate surface area is 259 Å². The molecular formula is C30H26BrF2N5O6. The van der Waals surface area contributed by atoms with Gasteiger partial charge in [-0.3, -0.25) is 9.59 Å². The smallest absolute Gasteiger partial charge is 0.240 e. The highest BCUT2D eigenvalue weighted by Gasteiger charge is 2.56. The van der Waals surface area contributed by atoms with Gasteiger partial charge in [0, 0.05) is 35.3 Å². The molecule has 3 N–H and O–H groups in total. The zero-order chi connectivity index (χ0) is 31.4. The summed E-state index contributed by atoms with van der Waals surface area (Å²) in [5.41, 5.74) is -0.278. The number of hydrogen-bond donors (Lipinski definition) is 3. The summed E-state index contributed by atoms with van der Waals surface area (Å²) < 4.78 is 50.4. The minimum Gasteiger partial charge on any atom is -0.493 e. The summed E-state index contributed by atoms with van der Waals surface area (Å²) in [5.74, 6) is -1.11. The molecule has 0 aliphatic heterocycles. The Morgan fingerprint density at radius 3 is 2.00 bits per heavy atom. The quantitative estimate of drug-likeness (QED) is 0.154. The van der Waals surface area contributed by atoms with E-state index in [-0.39, 0.29) is 23.3 Å². The van der Waals surface area contributed by atoms with Crippen LogP contribution in [0.1, 0.15) is 12.8 Å². The van der Waals surface area contributed by atoms with Crippen LogP contribution >= 0.6 is 15.9 Å². The van der Waals surface area contributed by atoms with E-state index in [1.807, 2.05) is 0 Å². The van der Waals surface area contributed by atoms with E-state index >= 15 is 4.39 Å². The van der Waals surface area contributed by atoms with E-state index in [9.17, 15) is 14.0 Å². The monoisotopic (exact) mass is 669 g/mol. The van der Waals surface area contributed by atoms with Crippen molar-refractivity contribution in [1.82, 2.24) is 9.97 Å². The molecule has 1 aliphatic carbocycles. The van der Waals surface area contributed by atoms with Gasteiger partial charge < -0.3 is 34.9 Å². The number of rotatable bonds is 11. The molecule has 1 heterocycles. The number of aromatic nitrogens is 2. The van der Waals surface area contributed by atoms with Gasteiger partial charge in [-0.05, 0) is 65.2 Å². The fourth-order valence-electron chi connectivity index (χ4n) is 4.25. The molecule has 228 valence electrons. The van der Waals surface area contributed by atoms with Gasteiger partial charge in [0.25, 0.3) is 0 Å². The van der Waals surface area contributed by atoms with Crippen LogP contribution in [0.25, 0.3) is 0 Å². The summed E-state index contributed by atoms with van der Waals surface area (Å²) in [6.07, 6.45) is 2.08. The molecule has 1 aliphatic rings. The summed E-state index contributed by atoms with van der Waals surface area (Å²) in [6.45, 7) is 0. The predicted molar refractivity (Wildman–Crippen MR) is 161 cm³/mol. The van der Waals surface area contributed by atoms with Crippen LogP contribution in [0.15, 0.2) is 65.3 Å². The number of amides is 2. The van der Waals surface area contributed by atoms with E-state index in [1.54, 1.807) is 12.1 Å². The summed E-state index contributed by atoms with van der Waals surface area (Å²) in [6, 6.07) is 12.4. The highest BCUT2D eigenvalue weighted by atomic mass is 79.9. The van der Waals surface area contributed by atoms with Crippen LogP contribution in [0, 0.1) is 17.0 Å². The molecule has 0 saturated heterocycles. The van der Waals surface area contributed by atoms with Crippen molar-refractivity contribution < 1.29 is 37.3 Å². The van der Waals surface area contributed by atoms with Crippen molar-refractivity contribution in [3.8, 4) is 28.9 Å².